The summed E-state index contributed by atoms with van der Waals surface area (Å²) in [5, 5.41) is 7.10. The first-order valence-corrected chi connectivity index (χ1v) is 9.97. The number of para-hydroxylation sites is 1. The summed E-state index contributed by atoms with van der Waals surface area (Å²) in [7, 11) is 0. The van der Waals surface area contributed by atoms with Crippen LogP contribution in [0, 0.1) is 5.92 Å². The molecule has 2 aromatic carbocycles. The molecule has 0 aliphatic heterocycles. The van der Waals surface area contributed by atoms with Crippen LogP contribution in [0.1, 0.15) is 32.1 Å². The molecule has 1 saturated carbocycles. The Kier molecular flexibility index (Phi) is 4.29. The molecule has 1 N–H and O–H groups in total. The lowest BCUT2D eigenvalue weighted by atomic mass is 9.89. The first-order chi connectivity index (χ1) is 13.4. The van der Waals surface area contributed by atoms with Crippen molar-refractivity contribution in [3.05, 3.63) is 60.9 Å². The third kappa shape index (κ3) is 3.30. The molecule has 0 bridgehead atoms. The molecule has 1 fully saturated rings. The topological polar surface area (TPSA) is 38.1 Å². The first-order valence-electron chi connectivity index (χ1n) is 9.97. The van der Waals surface area contributed by atoms with E-state index in [0.29, 0.717) is 0 Å². The van der Waals surface area contributed by atoms with Gasteiger partial charge in [0.2, 0.25) is 0 Å². The van der Waals surface area contributed by atoms with E-state index in [1.54, 1.807) is 0 Å². The summed E-state index contributed by atoms with van der Waals surface area (Å²) in [5.74, 6) is 1.68. The minimum absolute atomic E-state index is 0.807. The monoisotopic (exact) mass is 356 g/mol. The summed E-state index contributed by atoms with van der Waals surface area (Å²) in [5.41, 5.74) is 3.14. The Morgan fingerprint density at radius 1 is 0.926 bits per heavy atom. The van der Waals surface area contributed by atoms with Crippen LogP contribution in [0.25, 0.3) is 33.1 Å². The van der Waals surface area contributed by atoms with Crippen molar-refractivity contribution in [2.75, 3.05) is 11.9 Å². The molecular formula is C24H24N2O. The Balaban J connectivity index is 1.48. The molecule has 3 nitrogen and oxygen atoms in total. The number of furan rings is 1. The lowest BCUT2D eigenvalue weighted by molar-refractivity contribution is 0.373. The molecule has 0 atom stereocenters. The quantitative estimate of drug-likeness (QED) is 0.445. The first kappa shape index (κ1) is 16.4. The Morgan fingerprint density at radius 3 is 2.70 bits per heavy atom. The third-order valence-corrected chi connectivity index (χ3v) is 5.77. The number of fused-ring (bicyclic) bond motifs is 2. The van der Waals surface area contributed by atoms with Gasteiger partial charge in [-0.2, -0.15) is 0 Å². The zero-order valence-corrected chi connectivity index (χ0v) is 15.4. The van der Waals surface area contributed by atoms with Gasteiger partial charge in [-0.05, 0) is 48.4 Å². The molecule has 1 aliphatic rings. The van der Waals surface area contributed by atoms with E-state index in [1.807, 2.05) is 30.6 Å². The van der Waals surface area contributed by atoms with E-state index in [1.165, 1.54) is 43.2 Å². The molecule has 5 rings (SSSR count). The molecule has 2 heterocycles. The highest BCUT2D eigenvalue weighted by atomic mass is 16.3. The van der Waals surface area contributed by atoms with Crippen molar-refractivity contribution < 1.29 is 4.42 Å². The van der Waals surface area contributed by atoms with Crippen LogP contribution in [0.5, 0.6) is 0 Å². The maximum Gasteiger partial charge on any atom is 0.137 e. The van der Waals surface area contributed by atoms with Crippen LogP contribution in [0.4, 0.5) is 5.69 Å². The predicted octanol–water partition coefficient (Wildman–Crippen LogP) is 6.64. The Bertz CT molecular complexity index is 1040. The van der Waals surface area contributed by atoms with Crippen molar-refractivity contribution in [2.45, 2.75) is 32.1 Å². The van der Waals surface area contributed by atoms with Gasteiger partial charge in [0.25, 0.3) is 0 Å². The number of hydrogen-bond acceptors (Lipinski definition) is 3. The molecule has 0 spiro atoms. The van der Waals surface area contributed by atoms with Crippen LogP contribution >= 0.6 is 0 Å². The number of nitrogens with one attached hydrogen (secondary N) is 1. The second kappa shape index (κ2) is 7.07. The van der Waals surface area contributed by atoms with Crippen molar-refractivity contribution in [1.29, 1.82) is 0 Å². The normalized spacial score (nSPS) is 15.4. The molecule has 136 valence electrons. The maximum atomic E-state index is 6.10. The molecule has 1 aliphatic carbocycles. The van der Waals surface area contributed by atoms with E-state index in [-0.39, 0.29) is 0 Å². The number of aromatic nitrogens is 1. The van der Waals surface area contributed by atoms with E-state index in [9.17, 15) is 0 Å². The fourth-order valence-corrected chi connectivity index (χ4v) is 4.24. The number of nitrogens with zero attached hydrogens (tertiary/aromatic N) is 1. The van der Waals surface area contributed by atoms with Crippen molar-refractivity contribution >= 4 is 27.4 Å². The number of hydrogen-bond donors (Lipinski definition) is 1. The summed E-state index contributed by atoms with van der Waals surface area (Å²) in [6, 6.07) is 16.8. The highest BCUT2D eigenvalue weighted by molar-refractivity contribution is 5.98. The molecule has 27 heavy (non-hydrogen) atoms. The highest BCUT2D eigenvalue weighted by Crippen LogP contribution is 2.33. The SMILES string of the molecule is c1ccc2oc(-c3cncc4ccc(NCC5CCCCC5)cc34)cc2c1. The van der Waals surface area contributed by atoms with E-state index >= 15 is 0 Å². The van der Waals surface area contributed by atoms with Crippen LogP contribution in [0.15, 0.2) is 65.3 Å². The standard InChI is InChI=1S/C24H24N2O/c1-2-6-17(7-3-1)14-26-20-11-10-19-15-25-16-22(21(19)13-20)24-12-18-8-4-5-9-23(18)27-24/h4-5,8-13,15-17,26H,1-3,6-7,14H2. The largest absolute Gasteiger partial charge is 0.456 e. The number of anilines is 1. The predicted molar refractivity (Wildman–Crippen MR) is 112 cm³/mol. The summed E-state index contributed by atoms with van der Waals surface area (Å²) in [4.78, 5) is 4.43. The van der Waals surface area contributed by atoms with Gasteiger partial charge in [-0.1, -0.05) is 43.5 Å². The molecular weight excluding hydrogens is 332 g/mol. The zero-order valence-electron chi connectivity index (χ0n) is 15.4. The van der Waals surface area contributed by atoms with E-state index in [0.717, 1.165) is 40.1 Å². The Hall–Kier alpha value is -2.81. The van der Waals surface area contributed by atoms with Gasteiger partial charge >= 0.3 is 0 Å². The molecule has 4 aromatic rings. The van der Waals surface area contributed by atoms with Gasteiger partial charge in [-0.25, -0.2) is 0 Å². The molecule has 2 aromatic heterocycles. The number of benzene rings is 2. The molecule has 0 unspecified atom stereocenters. The lowest BCUT2D eigenvalue weighted by Crippen LogP contribution is -2.17. The van der Waals surface area contributed by atoms with Gasteiger partial charge in [-0.3, -0.25) is 4.98 Å². The van der Waals surface area contributed by atoms with Gasteiger partial charge in [0.15, 0.2) is 0 Å². The fourth-order valence-electron chi connectivity index (χ4n) is 4.24. The van der Waals surface area contributed by atoms with Crippen LogP contribution in [-0.2, 0) is 0 Å². The zero-order chi connectivity index (χ0) is 18.1. The smallest absolute Gasteiger partial charge is 0.137 e. The summed E-state index contributed by atoms with van der Waals surface area (Å²) >= 11 is 0. The van der Waals surface area contributed by atoms with Gasteiger partial charge in [0.1, 0.15) is 11.3 Å². The minimum atomic E-state index is 0.807. The third-order valence-electron chi connectivity index (χ3n) is 5.77. The van der Waals surface area contributed by atoms with Gasteiger partial charge in [-0.15, -0.1) is 0 Å². The van der Waals surface area contributed by atoms with E-state index in [2.05, 4.69) is 40.6 Å². The minimum Gasteiger partial charge on any atom is -0.456 e. The van der Waals surface area contributed by atoms with Crippen molar-refractivity contribution in [3.8, 4) is 11.3 Å². The number of rotatable bonds is 4. The molecule has 3 heteroatoms. The van der Waals surface area contributed by atoms with Gasteiger partial charge in [0.05, 0.1) is 0 Å². The average Bonchev–Trinajstić information content (AvgIpc) is 3.16. The van der Waals surface area contributed by atoms with Crippen molar-refractivity contribution in [3.63, 3.8) is 0 Å². The molecule has 0 amide bonds. The molecule has 0 radical (unpaired) electrons. The van der Waals surface area contributed by atoms with Crippen LogP contribution in [0.3, 0.4) is 0 Å². The van der Waals surface area contributed by atoms with E-state index < -0.39 is 0 Å². The second-order valence-electron chi connectivity index (χ2n) is 7.66. The lowest BCUT2D eigenvalue weighted by Gasteiger charge is -2.22. The van der Waals surface area contributed by atoms with Crippen LogP contribution < -0.4 is 5.32 Å². The molecule has 0 saturated heterocycles. The average molecular weight is 356 g/mol. The van der Waals surface area contributed by atoms with Crippen LogP contribution in [0.2, 0.25) is 0 Å². The summed E-state index contributed by atoms with van der Waals surface area (Å²) in [6.07, 6.45) is 10.7. The highest BCUT2D eigenvalue weighted by Gasteiger charge is 2.14. The van der Waals surface area contributed by atoms with Gasteiger partial charge < -0.3 is 9.73 Å². The Labute approximate surface area is 159 Å². The van der Waals surface area contributed by atoms with E-state index in [4.69, 9.17) is 4.42 Å². The fraction of sp³-hybridized carbons (Fsp3) is 0.292. The van der Waals surface area contributed by atoms with Gasteiger partial charge in [0, 0.05) is 41.0 Å². The number of pyridine rings is 1. The maximum absolute atomic E-state index is 6.10. The second-order valence-corrected chi connectivity index (χ2v) is 7.66. The summed E-state index contributed by atoms with van der Waals surface area (Å²) in [6.45, 7) is 1.07. The Morgan fingerprint density at radius 2 is 1.81 bits per heavy atom. The van der Waals surface area contributed by atoms with Crippen LogP contribution in [-0.4, -0.2) is 11.5 Å². The van der Waals surface area contributed by atoms with Crippen molar-refractivity contribution in [1.82, 2.24) is 4.98 Å². The van der Waals surface area contributed by atoms with Crippen molar-refractivity contribution in [2.24, 2.45) is 5.92 Å². The summed E-state index contributed by atoms with van der Waals surface area (Å²) < 4.78 is 6.10.